The molecule has 7 heteroatoms. The Morgan fingerprint density at radius 3 is 2.81 bits per heavy atom. The van der Waals surface area contributed by atoms with E-state index in [1.54, 1.807) is 19.3 Å². The van der Waals surface area contributed by atoms with Crippen molar-refractivity contribution in [3.05, 3.63) is 46.7 Å². The Morgan fingerprint density at radius 1 is 1.31 bits per heavy atom. The number of carbonyl (C=O) groups excluding carboxylic acids is 1. The number of fused-ring (bicyclic) bond motifs is 1. The fourth-order valence-electron chi connectivity index (χ4n) is 3.37. The van der Waals surface area contributed by atoms with E-state index in [0.29, 0.717) is 5.75 Å². The first-order valence-corrected chi connectivity index (χ1v) is 9.64. The topological polar surface area (TPSA) is 53.4 Å². The lowest BCUT2D eigenvalue weighted by molar-refractivity contribution is 0.104. The smallest absolute Gasteiger partial charge is 0.434 e. The van der Waals surface area contributed by atoms with Crippen LogP contribution >= 0.6 is 22.9 Å². The van der Waals surface area contributed by atoms with Crippen LogP contribution in [-0.4, -0.2) is 22.3 Å². The number of rotatable bonds is 4. The minimum absolute atomic E-state index is 0.271. The summed E-state index contributed by atoms with van der Waals surface area (Å²) in [6.07, 6.45) is 4.65. The Balaban J connectivity index is 1.94. The number of aromatic nitrogens is 2. The fourth-order valence-corrected chi connectivity index (χ4v) is 4.47. The van der Waals surface area contributed by atoms with Gasteiger partial charge < -0.3 is 14.0 Å². The van der Waals surface area contributed by atoms with Crippen LogP contribution in [0.25, 0.3) is 21.7 Å². The monoisotopic (exact) mass is 388 g/mol. The molecule has 0 amide bonds. The van der Waals surface area contributed by atoms with Crippen LogP contribution in [0.3, 0.4) is 0 Å². The third-order valence-corrected chi connectivity index (χ3v) is 5.58. The van der Waals surface area contributed by atoms with Crippen molar-refractivity contribution in [2.75, 3.05) is 6.61 Å². The van der Waals surface area contributed by atoms with Crippen LogP contribution in [-0.2, 0) is 17.7 Å². The molecule has 0 atom stereocenters. The van der Waals surface area contributed by atoms with Crippen LogP contribution in [0, 0.1) is 0 Å². The van der Waals surface area contributed by atoms with Crippen LogP contribution < -0.4 is 4.74 Å². The van der Waals surface area contributed by atoms with Gasteiger partial charge in [0.2, 0.25) is 0 Å². The number of hydrogen-bond acceptors (Lipinski definition) is 5. The summed E-state index contributed by atoms with van der Waals surface area (Å²) in [6.45, 7) is 2.91. The van der Waals surface area contributed by atoms with Crippen molar-refractivity contribution in [2.45, 2.75) is 26.3 Å². The summed E-state index contributed by atoms with van der Waals surface area (Å²) < 4.78 is 13.6. The molecule has 0 unspecified atom stereocenters. The summed E-state index contributed by atoms with van der Waals surface area (Å²) >= 11 is 7.70. The van der Waals surface area contributed by atoms with E-state index < -0.39 is 6.16 Å². The van der Waals surface area contributed by atoms with Crippen LogP contribution in [0.1, 0.15) is 19.0 Å². The molecule has 0 aromatic carbocycles. The fraction of sp³-hybridized carbons (Fsp3) is 0.263. The third kappa shape index (κ3) is 2.99. The van der Waals surface area contributed by atoms with Gasteiger partial charge in [0.15, 0.2) is 5.75 Å². The van der Waals surface area contributed by atoms with Crippen LogP contribution in [0.4, 0.5) is 4.79 Å². The first-order chi connectivity index (χ1) is 12.7. The quantitative estimate of drug-likeness (QED) is 0.560. The molecule has 0 fully saturated rings. The molecule has 1 aliphatic heterocycles. The van der Waals surface area contributed by atoms with E-state index in [-0.39, 0.29) is 6.61 Å². The maximum absolute atomic E-state index is 12.1. The van der Waals surface area contributed by atoms with Gasteiger partial charge in [-0.15, -0.1) is 11.3 Å². The molecule has 3 aromatic rings. The molecule has 0 N–H and O–H groups in total. The normalized spacial score (nSPS) is 12.8. The molecule has 4 heterocycles. The average molecular weight is 389 g/mol. The van der Waals surface area contributed by atoms with E-state index in [2.05, 4.69) is 9.55 Å². The van der Waals surface area contributed by atoms with Crippen molar-refractivity contribution < 1.29 is 14.3 Å². The molecule has 0 radical (unpaired) electrons. The Kier molecular flexibility index (Phi) is 4.70. The number of carbonyl (C=O) groups is 1. The van der Waals surface area contributed by atoms with Gasteiger partial charge in [0.1, 0.15) is 0 Å². The van der Waals surface area contributed by atoms with Crippen molar-refractivity contribution in [1.82, 2.24) is 9.55 Å². The zero-order chi connectivity index (χ0) is 18.1. The highest BCUT2D eigenvalue weighted by Gasteiger charge is 2.31. The Morgan fingerprint density at radius 2 is 2.12 bits per heavy atom. The van der Waals surface area contributed by atoms with Crippen LogP contribution in [0.15, 0.2) is 36.7 Å². The zero-order valence-electron chi connectivity index (χ0n) is 14.2. The molecule has 0 saturated heterocycles. The number of nitrogens with zero attached hydrogens (tertiary/aromatic N) is 2. The standard InChI is InChI=1S/C19H17ClN2O3S/c1-2-24-19(23)25-18-13-4-3-11-22(13)17(14-5-6-15(20)26-14)16(18)12-7-9-21-10-8-12/h5-10H,2-4,11H2,1H3. The Hall–Kier alpha value is -2.31. The molecule has 134 valence electrons. The molecule has 0 bridgehead atoms. The first-order valence-electron chi connectivity index (χ1n) is 8.45. The number of halogens is 1. The molecular weight excluding hydrogens is 372 g/mol. The van der Waals surface area contributed by atoms with Crippen LogP contribution in [0.2, 0.25) is 4.34 Å². The zero-order valence-corrected chi connectivity index (χ0v) is 15.8. The molecule has 26 heavy (non-hydrogen) atoms. The lowest BCUT2D eigenvalue weighted by Gasteiger charge is -2.10. The molecule has 0 saturated carbocycles. The molecule has 1 aliphatic rings. The average Bonchev–Trinajstić information content (AvgIpc) is 3.33. The van der Waals surface area contributed by atoms with Gasteiger partial charge in [-0.1, -0.05) is 11.6 Å². The summed E-state index contributed by atoms with van der Waals surface area (Å²) in [5, 5.41) is 0. The van der Waals surface area contributed by atoms with Crippen molar-refractivity contribution in [3.8, 4) is 27.4 Å². The predicted octanol–water partition coefficient (Wildman–Crippen LogP) is 5.41. The summed E-state index contributed by atoms with van der Waals surface area (Å²) in [7, 11) is 0. The minimum Gasteiger partial charge on any atom is -0.434 e. The van der Waals surface area contributed by atoms with Gasteiger partial charge in [-0.3, -0.25) is 4.98 Å². The molecule has 0 spiro atoms. The minimum atomic E-state index is -0.682. The van der Waals surface area contributed by atoms with Crippen molar-refractivity contribution in [3.63, 3.8) is 0 Å². The van der Waals surface area contributed by atoms with E-state index in [1.807, 2.05) is 24.3 Å². The highest BCUT2D eigenvalue weighted by molar-refractivity contribution is 7.19. The number of pyridine rings is 1. The summed E-state index contributed by atoms with van der Waals surface area (Å²) in [4.78, 5) is 17.2. The highest BCUT2D eigenvalue weighted by Crippen LogP contribution is 2.48. The SMILES string of the molecule is CCOC(=O)Oc1c(-c2ccncc2)c(-c2ccc(Cl)s2)n2c1CCC2. The molecular formula is C19H17ClN2O3S. The van der Waals surface area contributed by atoms with Crippen molar-refractivity contribution >= 4 is 29.1 Å². The first kappa shape index (κ1) is 17.1. The summed E-state index contributed by atoms with van der Waals surface area (Å²) in [5.41, 5.74) is 3.87. The molecule has 3 aromatic heterocycles. The van der Waals surface area contributed by atoms with Gasteiger partial charge in [0.25, 0.3) is 0 Å². The van der Waals surface area contributed by atoms with Gasteiger partial charge in [0, 0.05) is 18.9 Å². The second-order valence-corrected chi connectivity index (χ2v) is 7.59. The molecule has 5 nitrogen and oxygen atoms in total. The van der Waals surface area contributed by atoms with E-state index >= 15 is 0 Å². The molecule has 4 rings (SSSR count). The van der Waals surface area contributed by atoms with E-state index in [4.69, 9.17) is 21.1 Å². The lowest BCUT2D eigenvalue weighted by Crippen LogP contribution is -2.11. The van der Waals surface area contributed by atoms with E-state index in [0.717, 1.165) is 51.1 Å². The maximum Gasteiger partial charge on any atom is 0.513 e. The van der Waals surface area contributed by atoms with Gasteiger partial charge >= 0.3 is 6.16 Å². The third-order valence-electron chi connectivity index (χ3n) is 4.34. The van der Waals surface area contributed by atoms with Gasteiger partial charge in [-0.25, -0.2) is 4.79 Å². The lowest BCUT2D eigenvalue weighted by atomic mass is 10.0. The van der Waals surface area contributed by atoms with Crippen LogP contribution in [0.5, 0.6) is 5.75 Å². The summed E-state index contributed by atoms with van der Waals surface area (Å²) in [6, 6.07) is 7.73. The van der Waals surface area contributed by atoms with Gasteiger partial charge in [-0.2, -0.15) is 0 Å². The number of ether oxygens (including phenoxy) is 2. The van der Waals surface area contributed by atoms with E-state index in [9.17, 15) is 4.79 Å². The van der Waals surface area contributed by atoms with Crippen molar-refractivity contribution in [2.24, 2.45) is 0 Å². The Labute approximate surface area is 160 Å². The second kappa shape index (κ2) is 7.13. The second-order valence-electron chi connectivity index (χ2n) is 5.88. The predicted molar refractivity (Wildman–Crippen MR) is 102 cm³/mol. The van der Waals surface area contributed by atoms with E-state index in [1.165, 1.54) is 11.3 Å². The van der Waals surface area contributed by atoms with Gasteiger partial charge in [0.05, 0.1) is 32.8 Å². The number of thiophene rings is 1. The molecule has 0 aliphatic carbocycles. The highest BCUT2D eigenvalue weighted by atomic mass is 35.5. The van der Waals surface area contributed by atoms with Crippen molar-refractivity contribution in [1.29, 1.82) is 0 Å². The summed E-state index contributed by atoms with van der Waals surface area (Å²) in [5.74, 6) is 0.576. The Bertz CT molecular complexity index is 949. The number of hydrogen-bond donors (Lipinski definition) is 0. The maximum atomic E-state index is 12.1. The largest absolute Gasteiger partial charge is 0.513 e. The van der Waals surface area contributed by atoms with Gasteiger partial charge in [-0.05, 0) is 49.6 Å².